The molecule has 0 saturated heterocycles. The van der Waals surface area contributed by atoms with Gasteiger partial charge in [-0.25, -0.2) is 0 Å². The van der Waals surface area contributed by atoms with Crippen LogP contribution in [-0.2, 0) is 5.75 Å². The number of benzene rings is 1. The van der Waals surface area contributed by atoms with Gasteiger partial charge in [0.1, 0.15) is 0 Å². The fourth-order valence-electron chi connectivity index (χ4n) is 1.28. The molecule has 0 aliphatic heterocycles. The van der Waals surface area contributed by atoms with Gasteiger partial charge in [0.2, 0.25) is 0 Å². The lowest BCUT2D eigenvalue weighted by Gasteiger charge is -2.02. The van der Waals surface area contributed by atoms with Crippen molar-refractivity contribution < 1.29 is 0 Å². The van der Waals surface area contributed by atoms with Crippen LogP contribution in [0.2, 0.25) is 5.02 Å². The summed E-state index contributed by atoms with van der Waals surface area (Å²) in [7, 11) is 2.00. The molecule has 1 N–H and O–H groups in total. The molecule has 84 valence electrons. The Bertz CT molecular complexity index is 261. The minimum Gasteiger partial charge on any atom is -0.320 e. The molecule has 0 aliphatic carbocycles. The number of halogens is 1. The molecular weight excluding hydrogens is 226 g/mol. The van der Waals surface area contributed by atoms with Gasteiger partial charge in [0.25, 0.3) is 0 Å². The van der Waals surface area contributed by atoms with Crippen LogP contribution in [0.5, 0.6) is 0 Å². The Morgan fingerprint density at radius 3 is 2.60 bits per heavy atom. The highest BCUT2D eigenvalue weighted by Gasteiger charge is 1.94. The summed E-state index contributed by atoms with van der Waals surface area (Å²) in [5, 5.41) is 3.98. The maximum atomic E-state index is 5.82. The van der Waals surface area contributed by atoms with Crippen LogP contribution in [-0.4, -0.2) is 19.3 Å². The molecular formula is C12H18ClNS. The number of rotatable bonds is 7. The lowest BCUT2D eigenvalue weighted by Crippen LogP contribution is -2.07. The van der Waals surface area contributed by atoms with E-state index in [4.69, 9.17) is 11.6 Å². The first-order valence-corrected chi connectivity index (χ1v) is 6.83. The van der Waals surface area contributed by atoms with Crippen molar-refractivity contribution in [1.29, 1.82) is 0 Å². The third-order valence-electron chi connectivity index (χ3n) is 2.15. The molecule has 0 radical (unpaired) electrons. The predicted octanol–water partition coefficient (Wildman–Crippen LogP) is 3.57. The van der Waals surface area contributed by atoms with E-state index in [1.165, 1.54) is 24.2 Å². The first-order chi connectivity index (χ1) is 7.33. The van der Waals surface area contributed by atoms with E-state index in [0.29, 0.717) is 0 Å². The summed E-state index contributed by atoms with van der Waals surface area (Å²) in [4.78, 5) is 0. The monoisotopic (exact) mass is 243 g/mol. The Morgan fingerprint density at radius 1 is 1.20 bits per heavy atom. The van der Waals surface area contributed by atoms with Gasteiger partial charge in [-0.05, 0) is 49.9 Å². The molecule has 0 fully saturated rings. The van der Waals surface area contributed by atoms with Gasteiger partial charge in [0, 0.05) is 10.8 Å². The zero-order valence-electron chi connectivity index (χ0n) is 9.13. The summed E-state index contributed by atoms with van der Waals surface area (Å²) in [5.41, 5.74) is 1.36. The van der Waals surface area contributed by atoms with Crippen molar-refractivity contribution in [3.05, 3.63) is 34.9 Å². The molecule has 0 aliphatic rings. The summed E-state index contributed by atoms with van der Waals surface area (Å²) in [6.07, 6.45) is 2.56. The van der Waals surface area contributed by atoms with Crippen LogP contribution >= 0.6 is 23.4 Å². The molecule has 1 rings (SSSR count). The molecule has 0 bridgehead atoms. The summed E-state index contributed by atoms with van der Waals surface area (Å²) in [6, 6.07) is 8.11. The lowest BCUT2D eigenvalue weighted by atomic mass is 10.2. The van der Waals surface area contributed by atoms with Crippen molar-refractivity contribution in [1.82, 2.24) is 5.32 Å². The molecule has 0 saturated carbocycles. The van der Waals surface area contributed by atoms with E-state index >= 15 is 0 Å². The standard InChI is InChI=1S/C12H18ClNS/c1-14-8-2-3-9-15-10-11-4-6-12(13)7-5-11/h4-7,14H,2-3,8-10H2,1H3. The van der Waals surface area contributed by atoms with E-state index in [1.807, 2.05) is 30.9 Å². The van der Waals surface area contributed by atoms with Crippen LogP contribution in [0.15, 0.2) is 24.3 Å². The van der Waals surface area contributed by atoms with Crippen molar-refractivity contribution in [3.63, 3.8) is 0 Å². The number of thioether (sulfide) groups is 1. The molecule has 15 heavy (non-hydrogen) atoms. The molecule has 0 aromatic heterocycles. The summed E-state index contributed by atoms with van der Waals surface area (Å²) in [6.45, 7) is 1.13. The zero-order chi connectivity index (χ0) is 10.9. The van der Waals surface area contributed by atoms with Crippen molar-refractivity contribution >= 4 is 23.4 Å². The highest BCUT2D eigenvalue weighted by Crippen LogP contribution is 2.16. The number of unbranched alkanes of at least 4 members (excludes halogenated alkanes) is 1. The zero-order valence-corrected chi connectivity index (χ0v) is 10.7. The SMILES string of the molecule is CNCCCCSCc1ccc(Cl)cc1. The second-order valence-corrected chi connectivity index (χ2v) is 5.03. The van der Waals surface area contributed by atoms with Gasteiger partial charge in [0.15, 0.2) is 0 Å². The van der Waals surface area contributed by atoms with Crippen molar-refractivity contribution in [2.45, 2.75) is 18.6 Å². The molecule has 0 heterocycles. The maximum absolute atomic E-state index is 5.82. The van der Waals surface area contributed by atoms with Crippen LogP contribution in [0.3, 0.4) is 0 Å². The van der Waals surface area contributed by atoms with Crippen molar-refractivity contribution in [2.24, 2.45) is 0 Å². The van der Waals surface area contributed by atoms with E-state index in [0.717, 1.165) is 17.3 Å². The maximum Gasteiger partial charge on any atom is 0.0406 e. The van der Waals surface area contributed by atoms with E-state index in [-0.39, 0.29) is 0 Å². The number of nitrogens with one attached hydrogen (secondary N) is 1. The average molecular weight is 244 g/mol. The molecule has 0 atom stereocenters. The molecule has 1 nitrogen and oxygen atoms in total. The molecule has 0 unspecified atom stereocenters. The largest absolute Gasteiger partial charge is 0.320 e. The van der Waals surface area contributed by atoms with Gasteiger partial charge in [-0.15, -0.1) is 0 Å². The highest BCUT2D eigenvalue weighted by atomic mass is 35.5. The average Bonchev–Trinajstić information content (AvgIpc) is 2.26. The quantitative estimate of drug-likeness (QED) is 0.735. The Labute approximate surface area is 102 Å². The second-order valence-electron chi connectivity index (χ2n) is 3.49. The molecule has 1 aromatic carbocycles. The van der Waals surface area contributed by atoms with Crippen molar-refractivity contribution in [2.75, 3.05) is 19.3 Å². The normalized spacial score (nSPS) is 10.5. The third-order valence-corrected chi connectivity index (χ3v) is 3.51. The summed E-state index contributed by atoms with van der Waals surface area (Å²) < 4.78 is 0. The topological polar surface area (TPSA) is 12.0 Å². The van der Waals surface area contributed by atoms with Gasteiger partial charge >= 0.3 is 0 Å². The van der Waals surface area contributed by atoms with Crippen molar-refractivity contribution in [3.8, 4) is 0 Å². The first kappa shape index (κ1) is 12.9. The number of hydrogen-bond acceptors (Lipinski definition) is 2. The van der Waals surface area contributed by atoms with E-state index in [1.54, 1.807) is 0 Å². The number of hydrogen-bond donors (Lipinski definition) is 1. The van der Waals surface area contributed by atoms with Crippen LogP contribution in [0.4, 0.5) is 0 Å². The summed E-state index contributed by atoms with van der Waals surface area (Å²) >= 11 is 7.81. The van der Waals surface area contributed by atoms with Crippen LogP contribution < -0.4 is 5.32 Å². The molecule has 1 aromatic rings. The predicted molar refractivity (Wildman–Crippen MR) is 70.8 cm³/mol. The second kappa shape index (κ2) is 8.03. The van der Waals surface area contributed by atoms with Crippen LogP contribution in [0.25, 0.3) is 0 Å². The van der Waals surface area contributed by atoms with E-state index in [2.05, 4.69) is 17.4 Å². The third kappa shape index (κ3) is 6.08. The summed E-state index contributed by atoms with van der Waals surface area (Å²) in [5.74, 6) is 2.33. The van der Waals surface area contributed by atoms with Crippen LogP contribution in [0, 0.1) is 0 Å². The van der Waals surface area contributed by atoms with E-state index < -0.39 is 0 Å². The molecule has 0 amide bonds. The highest BCUT2D eigenvalue weighted by molar-refractivity contribution is 7.98. The Hall–Kier alpha value is -0.180. The van der Waals surface area contributed by atoms with Gasteiger partial charge < -0.3 is 5.32 Å². The van der Waals surface area contributed by atoms with Gasteiger partial charge in [-0.3, -0.25) is 0 Å². The fraction of sp³-hybridized carbons (Fsp3) is 0.500. The Kier molecular flexibility index (Phi) is 6.90. The molecule has 0 spiro atoms. The molecule has 3 heteroatoms. The minimum atomic E-state index is 0.817. The Morgan fingerprint density at radius 2 is 1.93 bits per heavy atom. The van der Waals surface area contributed by atoms with Gasteiger partial charge in [-0.2, -0.15) is 11.8 Å². The minimum absolute atomic E-state index is 0.817. The smallest absolute Gasteiger partial charge is 0.0406 e. The van der Waals surface area contributed by atoms with Crippen LogP contribution in [0.1, 0.15) is 18.4 Å². The van der Waals surface area contributed by atoms with Gasteiger partial charge in [0.05, 0.1) is 0 Å². The fourth-order valence-corrected chi connectivity index (χ4v) is 2.38. The van der Waals surface area contributed by atoms with E-state index in [9.17, 15) is 0 Å². The Balaban J connectivity index is 2.07. The first-order valence-electron chi connectivity index (χ1n) is 5.29. The van der Waals surface area contributed by atoms with Gasteiger partial charge in [-0.1, -0.05) is 23.7 Å². The lowest BCUT2D eigenvalue weighted by molar-refractivity contribution is 0.715.